The van der Waals surface area contributed by atoms with Crippen molar-refractivity contribution in [1.29, 1.82) is 0 Å². The predicted octanol–water partition coefficient (Wildman–Crippen LogP) is 2.34. The van der Waals surface area contributed by atoms with Gasteiger partial charge in [-0.2, -0.15) is 0 Å². The summed E-state index contributed by atoms with van der Waals surface area (Å²) in [6.45, 7) is 2.73. The number of rotatable bonds is 7. The fourth-order valence-electron chi connectivity index (χ4n) is 4.36. The van der Waals surface area contributed by atoms with Crippen LogP contribution in [0.25, 0.3) is 0 Å². The summed E-state index contributed by atoms with van der Waals surface area (Å²) < 4.78 is 5.44. The summed E-state index contributed by atoms with van der Waals surface area (Å²) in [5.74, 6) is 2.01. The van der Waals surface area contributed by atoms with Crippen LogP contribution in [-0.2, 0) is 17.8 Å². The molecule has 6 heteroatoms. The zero-order valence-electron chi connectivity index (χ0n) is 16.3. The van der Waals surface area contributed by atoms with E-state index in [2.05, 4.69) is 26.8 Å². The van der Waals surface area contributed by atoms with Crippen LogP contribution in [0, 0.1) is 11.8 Å². The van der Waals surface area contributed by atoms with Crippen molar-refractivity contribution in [2.75, 3.05) is 27.2 Å². The number of nitrogens with one attached hydrogen (secondary N) is 2. The third-order valence-electron chi connectivity index (χ3n) is 5.73. The van der Waals surface area contributed by atoms with Crippen LogP contribution in [-0.4, -0.2) is 49.2 Å². The summed E-state index contributed by atoms with van der Waals surface area (Å²) in [5.41, 5.74) is 1.01. The van der Waals surface area contributed by atoms with Gasteiger partial charge < -0.3 is 20.1 Å². The average molecular weight is 363 g/mol. The topological polar surface area (TPSA) is 70.4 Å². The van der Waals surface area contributed by atoms with E-state index in [4.69, 9.17) is 4.52 Å². The van der Waals surface area contributed by atoms with Crippen molar-refractivity contribution in [2.24, 2.45) is 11.8 Å². The first-order valence-corrected chi connectivity index (χ1v) is 10.2. The molecule has 2 N–H and O–H groups in total. The minimum Gasteiger partial charge on any atom is -0.360 e. The van der Waals surface area contributed by atoms with Gasteiger partial charge in [0.25, 0.3) is 0 Å². The molecule has 0 radical (unpaired) electrons. The summed E-state index contributed by atoms with van der Waals surface area (Å²) in [7, 11) is 4.04. The number of piperidine rings is 1. The van der Waals surface area contributed by atoms with Gasteiger partial charge in [-0.05, 0) is 64.7 Å². The van der Waals surface area contributed by atoms with Gasteiger partial charge in [0.15, 0.2) is 5.76 Å². The Balaban J connectivity index is 1.52. The molecule has 1 amide bonds. The highest BCUT2D eigenvalue weighted by atomic mass is 16.5. The Bertz CT molecular complexity index is 566. The summed E-state index contributed by atoms with van der Waals surface area (Å²) in [6.07, 6.45) is 8.70. The van der Waals surface area contributed by atoms with Crippen LogP contribution >= 0.6 is 0 Å². The number of hydrogen-bond acceptors (Lipinski definition) is 5. The lowest BCUT2D eigenvalue weighted by molar-refractivity contribution is -0.123. The second-order valence-corrected chi connectivity index (χ2v) is 8.35. The van der Waals surface area contributed by atoms with Crippen LogP contribution < -0.4 is 10.6 Å². The highest BCUT2D eigenvalue weighted by Gasteiger charge is 2.29. The Morgan fingerprint density at radius 2 is 2.08 bits per heavy atom. The molecule has 26 heavy (non-hydrogen) atoms. The molecule has 1 saturated carbocycles. The van der Waals surface area contributed by atoms with Gasteiger partial charge in [-0.25, -0.2) is 0 Å². The number of amides is 1. The fraction of sp³-hybridized carbons (Fsp3) is 0.800. The third-order valence-corrected chi connectivity index (χ3v) is 5.73. The molecule has 3 rings (SSSR count). The van der Waals surface area contributed by atoms with Crippen molar-refractivity contribution in [1.82, 2.24) is 20.7 Å². The van der Waals surface area contributed by atoms with E-state index >= 15 is 0 Å². The Labute approximate surface area is 157 Å². The Hall–Kier alpha value is -1.40. The first-order chi connectivity index (χ1) is 12.6. The molecular weight excluding hydrogens is 328 g/mol. The molecule has 0 aromatic carbocycles. The van der Waals surface area contributed by atoms with E-state index in [1.807, 2.05) is 14.1 Å². The van der Waals surface area contributed by atoms with Gasteiger partial charge in [-0.3, -0.25) is 4.79 Å². The maximum absolute atomic E-state index is 12.5. The lowest BCUT2D eigenvalue weighted by Crippen LogP contribution is -2.42. The zero-order valence-corrected chi connectivity index (χ0v) is 16.3. The normalized spacial score (nSPS) is 24.7. The van der Waals surface area contributed by atoms with Crippen molar-refractivity contribution in [3.8, 4) is 0 Å². The average Bonchev–Trinajstić information content (AvgIpc) is 3.03. The number of carbonyl (C=O) groups excluding carboxylic acids is 1. The van der Waals surface area contributed by atoms with Crippen LogP contribution in [0.15, 0.2) is 10.6 Å². The first-order valence-electron chi connectivity index (χ1n) is 10.2. The van der Waals surface area contributed by atoms with Gasteiger partial charge in [-0.15, -0.1) is 0 Å². The largest absolute Gasteiger partial charge is 0.360 e. The second kappa shape index (κ2) is 9.51. The third kappa shape index (κ3) is 5.81. The van der Waals surface area contributed by atoms with Crippen molar-refractivity contribution < 1.29 is 9.32 Å². The molecule has 1 aliphatic carbocycles. The lowest BCUT2D eigenvalue weighted by Gasteiger charge is -2.32. The smallest absolute Gasteiger partial charge is 0.220 e. The second-order valence-electron chi connectivity index (χ2n) is 8.35. The molecule has 2 atom stereocenters. The molecule has 146 valence electrons. The van der Waals surface area contributed by atoms with Gasteiger partial charge in [0.05, 0.1) is 12.2 Å². The van der Waals surface area contributed by atoms with E-state index in [-0.39, 0.29) is 5.91 Å². The van der Waals surface area contributed by atoms with E-state index in [0.29, 0.717) is 24.3 Å². The molecular formula is C20H34N4O2. The molecule has 2 fully saturated rings. The molecule has 1 aromatic rings. The monoisotopic (exact) mass is 362 g/mol. The number of aromatic nitrogens is 1. The van der Waals surface area contributed by atoms with Crippen molar-refractivity contribution in [2.45, 2.75) is 64.0 Å². The van der Waals surface area contributed by atoms with Crippen LogP contribution in [0.2, 0.25) is 0 Å². The molecule has 0 bridgehead atoms. The van der Waals surface area contributed by atoms with Crippen LogP contribution in [0.3, 0.4) is 0 Å². The number of nitrogens with zero attached hydrogens (tertiary/aromatic N) is 2. The van der Waals surface area contributed by atoms with Gasteiger partial charge >= 0.3 is 0 Å². The number of carbonyl (C=O) groups is 1. The SMILES string of the molecule is CN(C)Cc1cc(CC2CNCCC2CC(=O)NC2CCCCC2)no1. The summed E-state index contributed by atoms with van der Waals surface area (Å²) in [6, 6.07) is 2.47. The molecule has 1 aromatic heterocycles. The summed E-state index contributed by atoms with van der Waals surface area (Å²) in [4.78, 5) is 14.6. The highest BCUT2D eigenvalue weighted by Crippen LogP contribution is 2.27. The quantitative estimate of drug-likeness (QED) is 0.779. The Kier molecular flexibility index (Phi) is 7.08. The molecule has 2 heterocycles. The van der Waals surface area contributed by atoms with Crippen LogP contribution in [0.1, 0.15) is 56.4 Å². The van der Waals surface area contributed by atoms with E-state index in [1.165, 1.54) is 19.3 Å². The molecule has 2 aliphatic rings. The van der Waals surface area contributed by atoms with Crippen molar-refractivity contribution in [3.05, 3.63) is 17.5 Å². The standard InChI is InChI=1S/C20H34N4O2/c1-24(2)14-19-12-18(23-26-19)10-16-13-21-9-8-15(16)11-20(25)22-17-6-4-3-5-7-17/h12,15-17,21H,3-11,13-14H2,1-2H3,(H,22,25). The maximum atomic E-state index is 12.5. The van der Waals surface area contributed by atoms with Crippen molar-refractivity contribution >= 4 is 5.91 Å². The van der Waals surface area contributed by atoms with E-state index in [1.54, 1.807) is 0 Å². The van der Waals surface area contributed by atoms with Gasteiger partial charge in [0.2, 0.25) is 5.91 Å². The molecule has 1 aliphatic heterocycles. The molecule has 1 saturated heterocycles. The molecule has 6 nitrogen and oxygen atoms in total. The summed E-state index contributed by atoms with van der Waals surface area (Å²) in [5, 5.41) is 11.0. The Morgan fingerprint density at radius 3 is 2.85 bits per heavy atom. The van der Waals surface area contributed by atoms with E-state index < -0.39 is 0 Å². The predicted molar refractivity (Wildman–Crippen MR) is 102 cm³/mol. The first kappa shape index (κ1) is 19.4. The fourth-order valence-corrected chi connectivity index (χ4v) is 4.36. The van der Waals surface area contributed by atoms with Gasteiger partial charge in [0, 0.05) is 18.5 Å². The lowest BCUT2D eigenvalue weighted by atomic mass is 9.81. The minimum atomic E-state index is 0.238. The number of hydrogen-bond donors (Lipinski definition) is 2. The van der Waals surface area contributed by atoms with Crippen molar-refractivity contribution in [3.63, 3.8) is 0 Å². The van der Waals surface area contributed by atoms with Crippen LogP contribution in [0.4, 0.5) is 0 Å². The Morgan fingerprint density at radius 1 is 1.27 bits per heavy atom. The maximum Gasteiger partial charge on any atom is 0.220 e. The van der Waals surface area contributed by atoms with E-state index in [9.17, 15) is 4.79 Å². The minimum absolute atomic E-state index is 0.238. The van der Waals surface area contributed by atoms with E-state index in [0.717, 1.165) is 56.8 Å². The van der Waals surface area contributed by atoms with Crippen LogP contribution in [0.5, 0.6) is 0 Å². The van der Waals surface area contributed by atoms with Gasteiger partial charge in [0.1, 0.15) is 0 Å². The summed E-state index contributed by atoms with van der Waals surface area (Å²) >= 11 is 0. The molecule has 2 unspecified atom stereocenters. The highest BCUT2D eigenvalue weighted by molar-refractivity contribution is 5.76. The molecule has 0 spiro atoms. The zero-order chi connectivity index (χ0) is 18.4. The van der Waals surface area contributed by atoms with Gasteiger partial charge in [-0.1, -0.05) is 24.4 Å².